The highest BCUT2D eigenvalue weighted by molar-refractivity contribution is 7.21. The molecule has 1 aromatic heterocycles. The van der Waals surface area contributed by atoms with Crippen molar-refractivity contribution >= 4 is 44.6 Å². The van der Waals surface area contributed by atoms with E-state index in [9.17, 15) is 4.79 Å². The molecule has 19 heavy (non-hydrogen) atoms. The monoisotopic (exact) mass is 296 g/mol. The lowest BCUT2D eigenvalue weighted by molar-refractivity contribution is 0.0962. The summed E-state index contributed by atoms with van der Waals surface area (Å²) >= 11 is 6.94. The summed E-state index contributed by atoms with van der Waals surface area (Å²) in [5.41, 5.74) is 6.46. The summed E-state index contributed by atoms with van der Waals surface area (Å²) in [5.74, 6) is 0.481. The zero-order chi connectivity index (χ0) is 14.0. The number of ether oxygens (including phenoxy) is 1. The quantitative estimate of drug-likeness (QED) is 0.911. The van der Waals surface area contributed by atoms with Gasteiger partial charge in [-0.1, -0.05) is 18.2 Å². The van der Waals surface area contributed by atoms with Crippen LogP contribution in [0.3, 0.4) is 0 Å². The third kappa shape index (κ3) is 2.83. The van der Waals surface area contributed by atoms with Gasteiger partial charge in [0.05, 0.1) is 19.3 Å². The fourth-order valence-electron chi connectivity index (χ4n) is 1.65. The molecule has 2 aromatic rings. The number of hydrogen-bond donors (Lipinski definition) is 2. The number of thiophene rings is 1. The molecule has 1 aromatic carbocycles. The Morgan fingerprint density at radius 3 is 2.95 bits per heavy atom. The minimum atomic E-state index is -0.250. The molecule has 0 saturated carbocycles. The Labute approximate surface area is 119 Å². The molecule has 0 bridgehead atoms. The molecule has 3 N–H and O–H groups in total. The molecule has 1 heterocycles. The lowest BCUT2D eigenvalue weighted by atomic mass is 10.2. The molecule has 1 amide bonds. The zero-order valence-electron chi connectivity index (χ0n) is 10.3. The van der Waals surface area contributed by atoms with Crippen molar-refractivity contribution in [3.8, 4) is 5.75 Å². The fourth-order valence-corrected chi connectivity index (χ4v) is 2.78. The van der Waals surface area contributed by atoms with Crippen molar-refractivity contribution in [1.29, 1.82) is 0 Å². The minimum absolute atomic E-state index is 0.220. The van der Waals surface area contributed by atoms with E-state index in [1.165, 1.54) is 11.3 Å². The van der Waals surface area contributed by atoms with E-state index in [1.807, 2.05) is 18.2 Å². The molecular formula is C13H13ClN2O2S. The largest absolute Gasteiger partial charge is 0.497 e. The maximum atomic E-state index is 12.0. The number of nitrogen functional groups attached to an aromatic ring is 1. The summed E-state index contributed by atoms with van der Waals surface area (Å²) < 4.78 is 6.06. The van der Waals surface area contributed by atoms with E-state index in [-0.39, 0.29) is 12.5 Å². The van der Waals surface area contributed by atoms with E-state index in [0.29, 0.717) is 15.6 Å². The number of benzene rings is 1. The number of amides is 1. The van der Waals surface area contributed by atoms with Crippen LogP contribution in [-0.4, -0.2) is 19.6 Å². The van der Waals surface area contributed by atoms with Crippen LogP contribution < -0.4 is 15.8 Å². The first kappa shape index (κ1) is 13.7. The molecule has 0 saturated heterocycles. The van der Waals surface area contributed by atoms with Crippen LogP contribution in [0.5, 0.6) is 5.75 Å². The summed E-state index contributed by atoms with van der Waals surface area (Å²) in [6, 6.07) is 5.51. The van der Waals surface area contributed by atoms with Crippen molar-refractivity contribution in [2.75, 3.05) is 19.4 Å². The molecule has 0 aliphatic heterocycles. The zero-order valence-corrected chi connectivity index (χ0v) is 11.9. The van der Waals surface area contributed by atoms with Gasteiger partial charge < -0.3 is 15.8 Å². The van der Waals surface area contributed by atoms with Crippen molar-refractivity contribution in [3.63, 3.8) is 0 Å². The van der Waals surface area contributed by atoms with E-state index in [1.54, 1.807) is 7.11 Å². The first-order valence-electron chi connectivity index (χ1n) is 5.50. The molecule has 0 fully saturated rings. The number of fused-ring (bicyclic) bond motifs is 1. The van der Waals surface area contributed by atoms with Gasteiger partial charge in [-0.2, -0.15) is 0 Å². The summed E-state index contributed by atoms with van der Waals surface area (Å²) in [6.45, 7) is 3.73. The third-order valence-corrected chi connectivity index (χ3v) is 3.88. The molecule has 6 heteroatoms. The highest BCUT2D eigenvalue weighted by atomic mass is 35.5. The van der Waals surface area contributed by atoms with Crippen molar-refractivity contribution in [2.24, 2.45) is 0 Å². The van der Waals surface area contributed by atoms with Crippen LogP contribution in [0.4, 0.5) is 5.69 Å². The molecule has 4 nitrogen and oxygen atoms in total. The molecular weight excluding hydrogens is 284 g/mol. The lowest BCUT2D eigenvalue weighted by Crippen LogP contribution is -2.24. The molecule has 0 spiro atoms. The van der Waals surface area contributed by atoms with Crippen LogP contribution in [0.15, 0.2) is 29.8 Å². The Balaban J connectivity index is 2.36. The summed E-state index contributed by atoms with van der Waals surface area (Å²) in [6.07, 6.45) is 0. The van der Waals surface area contributed by atoms with Gasteiger partial charge >= 0.3 is 0 Å². The van der Waals surface area contributed by atoms with Crippen LogP contribution in [0.2, 0.25) is 0 Å². The standard InChI is InChI=1S/C13H13ClN2O2S/c1-7(14)6-16-13(17)12-11(15)9-4-3-8(18-2)5-10(9)19-12/h3-5H,1,6,15H2,2H3,(H,16,17). The average molecular weight is 297 g/mol. The number of nitrogens with one attached hydrogen (secondary N) is 1. The van der Waals surface area contributed by atoms with E-state index >= 15 is 0 Å². The van der Waals surface area contributed by atoms with E-state index in [4.69, 9.17) is 22.1 Å². The Morgan fingerprint density at radius 1 is 1.58 bits per heavy atom. The van der Waals surface area contributed by atoms with Crippen LogP contribution in [0, 0.1) is 0 Å². The molecule has 2 rings (SSSR count). The Bertz CT molecular complexity index is 651. The van der Waals surface area contributed by atoms with Crippen molar-refractivity contribution in [2.45, 2.75) is 0 Å². The Hall–Kier alpha value is -1.72. The molecule has 100 valence electrons. The number of nitrogens with two attached hydrogens (primary N) is 1. The van der Waals surface area contributed by atoms with Gasteiger partial charge in [-0.3, -0.25) is 4.79 Å². The van der Waals surface area contributed by atoms with E-state index in [0.717, 1.165) is 15.8 Å². The first-order valence-corrected chi connectivity index (χ1v) is 6.70. The highest BCUT2D eigenvalue weighted by Crippen LogP contribution is 2.35. The Morgan fingerprint density at radius 2 is 2.32 bits per heavy atom. The first-order chi connectivity index (χ1) is 9.02. The predicted octanol–water partition coefficient (Wildman–Crippen LogP) is 2.97. The van der Waals surface area contributed by atoms with Gasteiger partial charge in [0.1, 0.15) is 10.6 Å². The summed E-state index contributed by atoms with van der Waals surface area (Å²) in [7, 11) is 1.60. The maximum absolute atomic E-state index is 12.0. The topological polar surface area (TPSA) is 64.3 Å². The molecule has 0 aliphatic rings. The second kappa shape index (κ2) is 5.50. The number of anilines is 1. The van der Waals surface area contributed by atoms with Gasteiger partial charge in [-0.15, -0.1) is 11.3 Å². The Kier molecular flexibility index (Phi) is 3.97. The van der Waals surface area contributed by atoms with Crippen LogP contribution in [0.25, 0.3) is 10.1 Å². The summed E-state index contributed by atoms with van der Waals surface area (Å²) in [4.78, 5) is 12.5. The molecule has 0 unspecified atom stereocenters. The molecule has 0 aliphatic carbocycles. The van der Waals surface area contributed by atoms with Crippen molar-refractivity contribution in [3.05, 3.63) is 34.7 Å². The number of halogens is 1. The van der Waals surface area contributed by atoms with Gasteiger partial charge in [0.2, 0.25) is 0 Å². The van der Waals surface area contributed by atoms with Crippen LogP contribution in [-0.2, 0) is 0 Å². The van der Waals surface area contributed by atoms with Gasteiger partial charge in [-0.05, 0) is 18.2 Å². The SMILES string of the molecule is C=C(Cl)CNC(=O)c1sc2cc(OC)ccc2c1N. The average Bonchev–Trinajstić information content (AvgIpc) is 2.72. The number of methoxy groups -OCH3 is 1. The van der Waals surface area contributed by atoms with Crippen LogP contribution >= 0.6 is 22.9 Å². The normalized spacial score (nSPS) is 10.4. The van der Waals surface area contributed by atoms with Gasteiger partial charge in [-0.25, -0.2) is 0 Å². The number of rotatable bonds is 4. The molecule has 0 atom stereocenters. The maximum Gasteiger partial charge on any atom is 0.263 e. The predicted molar refractivity (Wildman–Crippen MR) is 80.1 cm³/mol. The molecule has 0 radical (unpaired) electrons. The summed E-state index contributed by atoms with van der Waals surface area (Å²) in [5, 5.41) is 3.88. The number of hydrogen-bond acceptors (Lipinski definition) is 4. The van der Waals surface area contributed by atoms with Crippen molar-refractivity contribution < 1.29 is 9.53 Å². The third-order valence-electron chi connectivity index (χ3n) is 2.58. The van der Waals surface area contributed by atoms with Gasteiger partial charge in [0, 0.05) is 15.1 Å². The van der Waals surface area contributed by atoms with Gasteiger partial charge in [0.15, 0.2) is 0 Å². The van der Waals surface area contributed by atoms with Crippen molar-refractivity contribution in [1.82, 2.24) is 5.32 Å². The highest BCUT2D eigenvalue weighted by Gasteiger charge is 2.16. The lowest BCUT2D eigenvalue weighted by Gasteiger charge is -2.02. The second-order valence-corrected chi connectivity index (χ2v) is 5.49. The minimum Gasteiger partial charge on any atom is -0.497 e. The number of carbonyl (C=O) groups excluding carboxylic acids is 1. The number of carbonyl (C=O) groups is 1. The fraction of sp³-hybridized carbons (Fsp3) is 0.154. The van der Waals surface area contributed by atoms with Gasteiger partial charge in [0.25, 0.3) is 5.91 Å². The van der Waals surface area contributed by atoms with Crippen LogP contribution in [0.1, 0.15) is 9.67 Å². The van der Waals surface area contributed by atoms with E-state index in [2.05, 4.69) is 11.9 Å². The van der Waals surface area contributed by atoms with E-state index < -0.39 is 0 Å². The second-order valence-electron chi connectivity index (χ2n) is 3.91. The smallest absolute Gasteiger partial charge is 0.263 e.